The molecule has 0 aromatic heterocycles. The molecule has 3 aromatic rings. The van der Waals surface area contributed by atoms with Crippen LogP contribution in [0.3, 0.4) is 0 Å². The highest BCUT2D eigenvalue weighted by atomic mass is 16.5. The van der Waals surface area contributed by atoms with E-state index in [1.54, 1.807) is 13.2 Å². The number of terminal acetylenes is 1. The number of phenols is 1. The van der Waals surface area contributed by atoms with Gasteiger partial charge in [0.2, 0.25) is 0 Å². The van der Waals surface area contributed by atoms with Crippen molar-refractivity contribution in [2.45, 2.75) is 64.5 Å². The fourth-order valence-electron chi connectivity index (χ4n) is 5.14. The molecule has 0 amide bonds. The van der Waals surface area contributed by atoms with Gasteiger partial charge < -0.3 is 24.4 Å². The van der Waals surface area contributed by atoms with E-state index in [1.165, 1.54) is 60.9 Å². The monoisotopic (exact) mass is 542 g/mol. The molecule has 2 aliphatic carbocycles. The van der Waals surface area contributed by atoms with Crippen LogP contribution in [0.25, 0.3) is 0 Å². The summed E-state index contributed by atoms with van der Waals surface area (Å²) in [5.41, 5.74) is 5.22. The topological polar surface area (TPSA) is 45.2 Å². The Balaban J connectivity index is 0.000000280. The van der Waals surface area contributed by atoms with Gasteiger partial charge in [-0.15, -0.1) is 12.8 Å². The van der Waals surface area contributed by atoms with Gasteiger partial charge >= 0.3 is 0 Å². The number of ether oxygens (including phenoxy) is 2. The molecule has 1 N–H and O–H groups in total. The summed E-state index contributed by atoms with van der Waals surface area (Å²) in [4.78, 5) is 4.76. The molecular weight excluding hydrogens is 496 g/mol. The molecule has 0 atom stereocenters. The van der Waals surface area contributed by atoms with Crippen LogP contribution >= 0.6 is 0 Å². The maximum Gasteiger partial charge on any atom is 0.120 e. The van der Waals surface area contributed by atoms with E-state index in [-0.39, 0.29) is 0 Å². The number of aryl methyl sites for hydroxylation is 2. The maximum absolute atomic E-state index is 9.19. The summed E-state index contributed by atoms with van der Waals surface area (Å²) in [6, 6.07) is 23.2. The number of likely N-dealkylation sites (N-methyl/N-ethyl adjacent to an activating group) is 1. The Kier molecular flexibility index (Phi) is 12.7. The molecule has 5 nitrogen and oxygen atoms in total. The van der Waals surface area contributed by atoms with Crippen LogP contribution in [-0.4, -0.2) is 49.9 Å². The van der Waals surface area contributed by atoms with Gasteiger partial charge in [0.05, 0.1) is 7.11 Å². The Labute approximate surface area is 241 Å². The van der Waals surface area contributed by atoms with Gasteiger partial charge in [-0.2, -0.15) is 0 Å². The smallest absolute Gasteiger partial charge is 0.120 e. The lowest BCUT2D eigenvalue weighted by atomic mass is 9.92. The molecule has 214 valence electrons. The van der Waals surface area contributed by atoms with Gasteiger partial charge in [-0.05, 0) is 106 Å². The quantitative estimate of drug-likeness (QED) is 0.277. The van der Waals surface area contributed by atoms with Crippen molar-refractivity contribution in [1.29, 1.82) is 0 Å². The minimum Gasteiger partial charge on any atom is -0.508 e. The van der Waals surface area contributed by atoms with E-state index in [0.29, 0.717) is 5.75 Å². The van der Waals surface area contributed by atoms with Crippen LogP contribution in [-0.2, 0) is 19.4 Å². The molecule has 2 aliphatic rings. The van der Waals surface area contributed by atoms with Crippen LogP contribution in [0.2, 0.25) is 0 Å². The second-order valence-electron chi connectivity index (χ2n) is 10.4. The number of hydrogen-bond acceptors (Lipinski definition) is 5. The molecule has 5 heteroatoms. The number of rotatable bonds is 10. The van der Waals surface area contributed by atoms with Crippen LogP contribution < -0.4 is 14.4 Å². The van der Waals surface area contributed by atoms with Gasteiger partial charge in [0, 0.05) is 37.4 Å². The lowest BCUT2D eigenvalue weighted by Crippen LogP contribution is -2.39. The average Bonchev–Trinajstić information content (AvgIpc) is 2.97. The minimum absolute atomic E-state index is 0.408. The Hall–Kier alpha value is -3.62. The lowest BCUT2D eigenvalue weighted by molar-refractivity contribution is 0.135. The molecule has 0 aliphatic heterocycles. The average molecular weight is 543 g/mol. The summed E-state index contributed by atoms with van der Waals surface area (Å²) < 4.78 is 11.3. The minimum atomic E-state index is 0.408. The van der Waals surface area contributed by atoms with Crippen LogP contribution in [0.1, 0.15) is 55.7 Å². The zero-order valence-corrected chi connectivity index (χ0v) is 24.5. The van der Waals surface area contributed by atoms with Gasteiger partial charge in [-0.1, -0.05) is 30.7 Å². The summed E-state index contributed by atoms with van der Waals surface area (Å²) in [5.74, 6) is 2.25. The molecule has 0 unspecified atom stereocenters. The molecule has 3 aromatic carbocycles. The standard InChI is InChI=1S/C23H32N2O2.C10H12O.C2H2/c1-4-25(21-9-6-10-23(17-21)26-3)18-19-11-13-22(14-12-19)27-16-15-24(2)20-7-5-8-20;11-10-6-5-8-3-1-2-4-9(8)7-10;1-2/h6,9-14,17,20H,4-5,7-8,15-16,18H2,1-3H3;5-7,11H,1-4H2;1-2H. The van der Waals surface area contributed by atoms with E-state index in [9.17, 15) is 5.11 Å². The third kappa shape index (κ3) is 9.24. The highest BCUT2D eigenvalue weighted by Gasteiger charge is 2.21. The van der Waals surface area contributed by atoms with Crippen LogP contribution in [0.5, 0.6) is 17.2 Å². The van der Waals surface area contributed by atoms with E-state index in [1.807, 2.05) is 24.3 Å². The SMILES string of the molecule is C#C.CCN(Cc1ccc(OCCN(C)C2CCC2)cc1)c1cccc(OC)c1.Oc1ccc2c(c1)CCCC2. The highest BCUT2D eigenvalue weighted by molar-refractivity contribution is 5.51. The maximum atomic E-state index is 9.19. The van der Waals surface area contributed by atoms with Crippen molar-refractivity contribution in [2.75, 3.05) is 38.8 Å². The third-order valence-corrected chi connectivity index (χ3v) is 7.84. The van der Waals surface area contributed by atoms with Crippen molar-refractivity contribution in [2.24, 2.45) is 0 Å². The van der Waals surface area contributed by atoms with Crippen LogP contribution in [0.15, 0.2) is 66.7 Å². The van der Waals surface area contributed by atoms with E-state index < -0.39 is 0 Å². The predicted molar refractivity (Wildman–Crippen MR) is 167 cm³/mol. The third-order valence-electron chi connectivity index (χ3n) is 7.84. The first-order valence-corrected chi connectivity index (χ1v) is 14.5. The number of aromatic hydroxyl groups is 1. The number of benzene rings is 3. The number of fused-ring (bicyclic) bond motifs is 1. The van der Waals surface area contributed by atoms with E-state index in [0.717, 1.165) is 50.2 Å². The predicted octanol–water partition coefficient (Wildman–Crippen LogP) is 7.11. The summed E-state index contributed by atoms with van der Waals surface area (Å²) in [6.45, 7) is 5.73. The molecule has 5 rings (SSSR count). The van der Waals surface area contributed by atoms with E-state index >= 15 is 0 Å². The van der Waals surface area contributed by atoms with Crippen molar-refractivity contribution in [1.82, 2.24) is 4.90 Å². The molecule has 40 heavy (non-hydrogen) atoms. The molecule has 0 bridgehead atoms. The van der Waals surface area contributed by atoms with Gasteiger partial charge in [-0.3, -0.25) is 0 Å². The molecule has 0 heterocycles. The molecule has 1 saturated carbocycles. The van der Waals surface area contributed by atoms with Gasteiger partial charge in [0.15, 0.2) is 0 Å². The number of anilines is 1. The molecule has 1 fully saturated rings. The van der Waals surface area contributed by atoms with Gasteiger partial charge in [-0.25, -0.2) is 0 Å². The zero-order valence-electron chi connectivity index (χ0n) is 24.5. The summed E-state index contributed by atoms with van der Waals surface area (Å²) >= 11 is 0. The lowest BCUT2D eigenvalue weighted by Gasteiger charge is -2.34. The number of phenolic OH excluding ortho intramolecular Hbond substituents is 1. The Morgan fingerprint density at radius 2 is 1.60 bits per heavy atom. The molecule has 0 spiro atoms. The van der Waals surface area contributed by atoms with E-state index in [2.05, 4.69) is 73.0 Å². The fourth-order valence-corrected chi connectivity index (χ4v) is 5.14. The van der Waals surface area contributed by atoms with Crippen molar-refractivity contribution in [3.63, 3.8) is 0 Å². The van der Waals surface area contributed by atoms with Gasteiger partial charge in [0.1, 0.15) is 23.9 Å². The number of methoxy groups -OCH3 is 1. The first-order chi connectivity index (χ1) is 19.6. The Morgan fingerprint density at radius 1 is 0.875 bits per heavy atom. The Morgan fingerprint density at radius 3 is 2.25 bits per heavy atom. The van der Waals surface area contributed by atoms with Crippen molar-refractivity contribution in [3.8, 4) is 30.1 Å². The van der Waals surface area contributed by atoms with Gasteiger partial charge in [0.25, 0.3) is 0 Å². The largest absolute Gasteiger partial charge is 0.508 e. The normalized spacial score (nSPS) is 13.9. The summed E-state index contributed by atoms with van der Waals surface area (Å²) in [6.07, 6.45) is 17.0. The van der Waals surface area contributed by atoms with Crippen molar-refractivity contribution in [3.05, 3.63) is 83.4 Å². The van der Waals surface area contributed by atoms with Crippen molar-refractivity contribution >= 4 is 5.69 Å². The second kappa shape index (κ2) is 16.5. The first-order valence-electron chi connectivity index (χ1n) is 14.5. The zero-order chi connectivity index (χ0) is 28.7. The number of nitrogens with zero attached hydrogens (tertiary/aromatic N) is 2. The van der Waals surface area contributed by atoms with Crippen LogP contribution in [0, 0.1) is 12.8 Å². The highest BCUT2D eigenvalue weighted by Crippen LogP contribution is 2.25. The van der Waals surface area contributed by atoms with Crippen LogP contribution in [0.4, 0.5) is 5.69 Å². The summed E-state index contributed by atoms with van der Waals surface area (Å²) in [7, 11) is 3.91. The first kappa shape index (κ1) is 30.9. The van der Waals surface area contributed by atoms with E-state index in [4.69, 9.17) is 9.47 Å². The number of hydrogen-bond donors (Lipinski definition) is 1. The molecule has 0 radical (unpaired) electrons. The second-order valence-corrected chi connectivity index (χ2v) is 10.4. The molecule has 0 saturated heterocycles. The van der Waals surface area contributed by atoms with Crippen molar-refractivity contribution < 1.29 is 14.6 Å². The fraction of sp³-hybridized carbons (Fsp3) is 0.429. The Bertz CT molecular complexity index is 1170. The summed E-state index contributed by atoms with van der Waals surface area (Å²) in [5, 5.41) is 9.19. The molecular formula is C35H46N2O3.